The molecular weight excluding hydrogens is 316 g/mol. The second-order valence-electron chi connectivity index (χ2n) is 5.48. The molecule has 1 aliphatic heterocycles. The van der Waals surface area contributed by atoms with E-state index in [0.29, 0.717) is 13.1 Å². The molecule has 1 fully saturated rings. The first-order valence-electron chi connectivity index (χ1n) is 7.57. The van der Waals surface area contributed by atoms with Crippen LogP contribution in [0.4, 0.5) is 14.5 Å². The van der Waals surface area contributed by atoms with Gasteiger partial charge in [0.05, 0.1) is 0 Å². The smallest absolute Gasteiger partial charge is 0.272 e. The Balaban J connectivity index is 1.80. The van der Waals surface area contributed by atoms with Crippen LogP contribution in [0.2, 0.25) is 0 Å². The van der Waals surface area contributed by atoms with Crippen molar-refractivity contribution in [1.29, 1.82) is 0 Å². The fraction of sp³-hybridized carbons (Fsp3) is 0.235. The lowest BCUT2D eigenvalue weighted by atomic mass is 10.2. The normalized spacial score (nSPS) is 13.8. The van der Waals surface area contributed by atoms with Crippen molar-refractivity contribution in [3.8, 4) is 0 Å². The molecule has 0 spiro atoms. The van der Waals surface area contributed by atoms with Crippen molar-refractivity contribution in [1.82, 2.24) is 9.88 Å². The topological polar surface area (TPSA) is 62.3 Å². The van der Waals surface area contributed by atoms with E-state index in [2.05, 4.69) is 10.3 Å². The van der Waals surface area contributed by atoms with Crippen LogP contribution >= 0.6 is 0 Å². The molecule has 2 heterocycles. The number of nitrogens with zero attached hydrogens (tertiary/aromatic N) is 2. The number of rotatable bonds is 3. The molecule has 3 rings (SSSR count). The van der Waals surface area contributed by atoms with Crippen LogP contribution in [-0.2, 0) is 0 Å². The number of anilines is 1. The Morgan fingerprint density at radius 2 is 1.75 bits per heavy atom. The lowest BCUT2D eigenvalue weighted by Crippen LogP contribution is -2.28. The molecule has 1 aromatic heterocycles. The Hall–Kier alpha value is -2.83. The van der Waals surface area contributed by atoms with Crippen LogP contribution < -0.4 is 5.32 Å². The highest BCUT2D eigenvalue weighted by Crippen LogP contribution is 2.19. The van der Waals surface area contributed by atoms with Crippen molar-refractivity contribution in [2.75, 3.05) is 18.4 Å². The molecule has 2 aromatic rings. The Morgan fingerprint density at radius 3 is 2.42 bits per heavy atom. The number of hydrogen-bond acceptors (Lipinski definition) is 3. The van der Waals surface area contributed by atoms with Gasteiger partial charge in [-0.1, -0.05) is 6.07 Å². The van der Waals surface area contributed by atoms with E-state index in [1.54, 1.807) is 4.90 Å². The van der Waals surface area contributed by atoms with E-state index < -0.39 is 23.2 Å². The molecule has 1 saturated heterocycles. The van der Waals surface area contributed by atoms with Crippen LogP contribution in [0.15, 0.2) is 36.5 Å². The molecule has 0 radical (unpaired) electrons. The van der Waals surface area contributed by atoms with Gasteiger partial charge in [0.25, 0.3) is 11.8 Å². The molecule has 0 atom stereocenters. The van der Waals surface area contributed by atoms with E-state index in [0.717, 1.165) is 25.0 Å². The third-order valence-corrected chi connectivity index (χ3v) is 3.84. The van der Waals surface area contributed by atoms with Gasteiger partial charge in [0.15, 0.2) is 0 Å². The largest absolute Gasteiger partial charge is 0.337 e. The monoisotopic (exact) mass is 331 g/mol. The number of amides is 2. The Morgan fingerprint density at radius 1 is 1.08 bits per heavy atom. The molecule has 1 aliphatic rings. The van der Waals surface area contributed by atoms with E-state index in [1.807, 2.05) is 0 Å². The summed E-state index contributed by atoms with van der Waals surface area (Å²) in [5.41, 5.74) is -0.277. The van der Waals surface area contributed by atoms with E-state index in [1.165, 1.54) is 24.4 Å². The molecule has 1 aromatic carbocycles. The number of pyridine rings is 1. The molecule has 0 bridgehead atoms. The molecule has 0 aliphatic carbocycles. The average molecular weight is 331 g/mol. The molecule has 0 saturated carbocycles. The van der Waals surface area contributed by atoms with Crippen LogP contribution in [-0.4, -0.2) is 34.8 Å². The predicted molar refractivity (Wildman–Crippen MR) is 83.7 cm³/mol. The van der Waals surface area contributed by atoms with Gasteiger partial charge in [-0.05, 0) is 37.1 Å². The number of likely N-dealkylation sites (tertiary alicyclic amines) is 1. The van der Waals surface area contributed by atoms with Gasteiger partial charge in [-0.3, -0.25) is 14.6 Å². The number of nitrogens with one attached hydrogen (secondary N) is 1. The summed E-state index contributed by atoms with van der Waals surface area (Å²) in [5, 5.41) is 2.19. The molecule has 124 valence electrons. The Kier molecular flexibility index (Phi) is 4.50. The first-order chi connectivity index (χ1) is 11.6. The lowest BCUT2D eigenvalue weighted by molar-refractivity contribution is 0.0787. The number of para-hydroxylation sites is 1. The van der Waals surface area contributed by atoms with Gasteiger partial charge in [-0.2, -0.15) is 0 Å². The average Bonchev–Trinajstić information content (AvgIpc) is 3.12. The standard InChI is InChI=1S/C17H15F2N3O2/c18-12-4-3-5-13(19)15(12)21-16(23)11-6-7-20-14(10-11)17(24)22-8-1-2-9-22/h3-7,10H,1-2,8-9H2,(H,21,23). The number of hydrogen-bond donors (Lipinski definition) is 1. The van der Waals surface area contributed by atoms with Gasteiger partial charge in [0.1, 0.15) is 23.0 Å². The first kappa shape index (κ1) is 16.0. The Labute approximate surface area is 137 Å². The van der Waals surface area contributed by atoms with Crippen molar-refractivity contribution in [2.45, 2.75) is 12.8 Å². The molecule has 0 unspecified atom stereocenters. The summed E-state index contributed by atoms with van der Waals surface area (Å²) in [6.07, 6.45) is 3.22. The van der Waals surface area contributed by atoms with Gasteiger partial charge in [0.2, 0.25) is 0 Å². The summed E-state index contributed by atoms with van der Waals surface area (Å²) in [6, 6.07) is 6.02. The molecule has 5 nitrogen and oxygen atoms in total. The third kappa shape index (κ3) is 3.24. The summed E-state index contributed by atoms with van der Waals surface area (Å²) in [5.74, 6) is -2.70. The zero-order chi connectivity index (χ0) is 17.1. The minimum absolute atomic E-state index is 0.107. The summed E-state index contributed by atoms with van der Waals surface area (Å²) < 4.78 is 27.2. The Bertz CT molecular complexity index is 769. The lowest BCUT2D eigenvalue weighted by Gasteiger charge is -2.14. The van der Waals surface area contributed by atoms with E-state index in [-0.39, 0.29) is 17.2 Å². The fourth-order valence-electron chi connectivity index (χ4n) is 2.57. The van der Waals surface area contributed by atoms with Crippen LogP contribution in [0.1, 0.15) is 33.7 Å². The quantitative estimate of drug-likeness (QED) is 0.941. The summed E-state index contributed by atoms with van der Waals surface area (Å²) >= 11 is 0. The second-order valence-corrected chi connectivity index (χ2v) is 5.48. The number of aromatic nitrogens is 1. The van der Waals surface area contributed by atoms with Gasteiger partial charge >= 0.3 is 0 Å². The highest BCUT2D eigenvalue weighted by atomic mass is 19.1. The highest BCUT2D eigenvalue weighted by molar-refractivity contribution is 6.05. The summed E-state index contributed by atoms with van der Waals surface area (Å²) in [7, 11) is 0. The molecule has 1 N–H and O–H groups in total. The van der Waals surface area contributed by atoms with Crippen molar-refractivity contribution < 1.29 is 18.4 Å². The van der Waals surface area contributed by atoms with Gasteiger partial charge in [0, 0.05) is 24.8 Å². The van der Waals surface area contributed by atoms with Gasteiger partial charge < -0.3 is 10.2 Å². The predicted octanol–water partition coefficient (Wildman–Crippen LogP) is 2.85. The minimum Gasteiger partial charge on any atom is -0.337 e. The first-order valence-corrected chi connectivity index (χ1v) is 7.57. The molecular formula is C17H15F2N3O2. The van der Waals surface area contributed by atoms with Crippen LogP contribution in [0, 0.1) is 11.6 Å². The number of benzene rings is 1. The summed E-state index contributed by atoms with van der Waals surface area (Å²) in [4.78, 5) is 30.2. The van der Waals surface area contributed by atoms with Crippen molar-refractivity contribution >= 4 is 17.5 Å². The highest BCUT2D eigenvalue weighted by Gasteiger charge is 2.22. The van der Waals surface area contributed by atoms with Crippen LogP contribution in [0.3, 0.4) is 0 Å². The number of carbonyl (C=O) groups excluding carboxylic acids is 2. The maximum Gasteiger partial charge on any atom is 0.272 e. The fourth-order valence-corrected chi connectivity index (χ4v) is 2.57. The number of halogens is 2. The van der Waals surface area contributed by atoms with Crippen molar-refractivity contribution in [3.05, 3.63) is 59.4 Å². The van der Waals surface area contributed by atoms with E-state index in [4.69, 9.17) is 0 Å². The molecule has 2 amide bonds. The minimum atomic E-state index is -0.870. The van der Waals surface area contributed by atoms with Gasteiger partial charge in [-0.15, -0.1) is 0 Å². The number of carbonyl (C=O) groups is 2. The molecule has 24 heavy (non-hydrogen) atoms. The van der Waals surface area contributed by atoms with Gasteiger partial charge in [-0.25, -0.2) is 8.78 Å². The van der Waals surface area contributed by atoms with Crippen molar-refractivity contribution in [2.24, 2.45) is 0 Å². The zero-order valence-electron chi connectivity index (χ0n) is 12.8. The summed E-state index contributed by atoms with van der Waals surface area (Å²) in [6.45, 7) is 1.33. The van der Waals surface area contributed by atoms with E-state index >= 15 is 0 Å². The zero-order valence-corrected chi connectivity index (χ0v) is 12.8. The van der Waals surface area contributed by atoms with Crippen LogP contribution in [0.25, 0.3) is 0 Å². The third-order valence-electron chi connectivity index (χ3n) is 3.84. The maximum absolute atomic E-state index is 13.6. The van der Waals surface area contributed by atoms with Crippen molar-refractivity contribution in [3.63, 3.8) is 0 Å². The maximum atomic E-state index is 13.6. The molecule has 7 heteroatoms. The second kappa shape index (κ2) is 6.74. The van der Waals surface area contributed by atoms with Crippen LogP contribution in [0.5, 0.6) is 0 Å². The SMILES string of the molecule is O=C(Nc1c(F)cccc1F)c1ccnc(C(=O)N2CCCC2)c1. The van der Waals surface area contributed by atoms with E-state index in [9.17, 15) is 18.4 Å².